The van der Waals surface area contributed by atoms with Gasteiger partial charge in [-0.15, -0.1) is 5.10 Å². The molecule has 21 heavy (non-hydrogen) atoms. The Labute approximate surface area is 124 Å². The molecule has 1 saturated carbocycles. The smallest absolute Gasteiger partial charge is 0.408 e. The summed E-state index contributed by atoms with van der Waals surface area (Å²) in [5, 5.41) is 20.0. The molecule has 1 aliphatic rings. The Bertz CT molecular complexity index is 489. The van der Waals surface area contributed by atoms with Crippen LogP contribution >= 0.6 is 0 Å². The minimum absolute atomic E-state index is 0.231. The van der Waals surface area contributed by atoms with E-state index in [2.05, 4.69) is 15.6 Å². The van der Waals surface area contributed by atoms with Gasteiger partial charge in [-0.05, 0) is 46.5 Å². The molecular weight excluding hydrogens is 272 g/mol. The summed E-state index contributed by atoms with van der Waals surface area (Å²) >= 11 is 0. The second kappa shape index (κ2) is 6.01. The molecule has 0 aliphatic heterocycles. The van der Waals surface area contributed by atoms with Gasteiger partial charge in [-0.2, -0.15) is 0 Å². The molecule has 1 aliphatic carbocycles. The van der Waals surface area contributed by atoms with Gasteiger partial charge in [-0.3, -0.25) is 0 Å². The molecule has 2 N–H and O–H groups in total. The SMILES string of the molecule is CC(NC(=O)OC(C)(C)C)c1cn(C2CC(CO)C2)nn1. The molecule has 1 fully saturated rings. The summed E-state index contributed by atoms with van der Waals surface area (Å²) in [6.45, 7) is 7.54. The lowest BCUT2D eigenvalue weighted by atomic mass is 9.81. The number of aliphatic hydroxyl groups excluding tert-OH is 1. The number of nitrogens with zero attached hydrogens (tertiary/aromatic N) is 3. The predicted octanol–water partition coefficient (Wildman–Crippen LogP) is 1.81. The lowest BCUT2D eigenvalue weighted by Crippen LogP contribution is -2.34. The molecule has 1 aromatic heterocycles. The van der Waals surface area contributed by atoms with Crippen LogP contribution in [0, 0.1) is 5.92 Å². The van der Waals surface area contributed by atoms with Gasteiger partial charge in [0, 0.05) is 6.61 Å². The number of aliphatic hydroxyl groups is 1. The van der Waals surface area contributed by atoms with Crippen LogP contribution in [0.5, 0.6) is 0 Å². The molecule has 1 heterocycles. The fourth-order valence-corrected chi connectivity index (χ4v) is 2.29. The second-order valence-corrected chi connectivity index (χ2v) is 6.67. The van der Waals surface area contributed by atoms with E-state index in [9.17, 15) is 4.79 Å². The molecule has 118 valence electrons. The van der Waals surface area contributed by atoms with E-state index >= 15 is 0 Å². The molecule has 1 amide bonds. The first-order valence-electron chi connectivity index (χ1n) is 7.30. The Hall–Kier alpha value is -1.63. The van der Waals surface area contributed by atoms with Crippen molar-refractivity contribution < 1.29 is 14.6 Å². The summed E-state index contributed by atoms with van der Waals surface area (Å²) in [6, 6.07) is 0.0411. The van der Waals surface area contributed by atoms with E-state index in [-0.39, 0.29) is 12.6 Å². The first-order chi connectivity index (χ1) is 9.78. The maximum Gasteiger partial charge on any atom is 0.408 e. The van der Waals surface area contributed by atoms with Crippen LogP contribution in [-0.2, 0) is 4.74 Å². The number of carbonyl (C=O) groups excluding carboxylic acids is 1. The van der Waals surface area contributed by atoms with Crippen molar-refractivity contribution in [2.24, 2.45) is 5.92 Å². The standard InChI is InChI=1S/C14H24N4O3/c1-9(15-13(20)21-14(2,3)4)12-7-18(17-16-12)11-5-10(6-11)8-19/h7,9-11,19H,5-6,8H2,1-4H3,(H,15,20). The van der Waals surface area contributed by atoms with Crippen LogP contribution < -0.4 is 5.32 Å². The molecule has 7 heteroatoms. The zero-order valence-electron chi connectivity index (χ0n) is 13.0. The Morgan fingerprint density at radius 1 is 1.57 bits per heavy atom. The number of ether oxygens (including phenoxy) is 1. The van der Waals surface area contributed by atoms with E-state index < -0.39 is 11.7 Å². The van der Waals surface area contributed by atoms with Crippen LogP contribution in [0.4, 0.5) is 4.79 Å². The van der Waals surface area contributed by atoms with E-state index in [4.69, 9.17) is 9.84 Å². The molecule has 1 atom stereocenters. The van der Waals surface area contributed by atoms with Crippen molar-refractivity contribution in [3.8, 4) is 0 Å². The van der Waals surface area contributed by atoms with E-state index in [0.29, 0.717) is 17.7 Å². The zero-order valence-corrected chi connectivity index (χ0v) is 13.0. The lowest BCUT2D eigenvalue weighted by Gasteiger charge is -2.33. The number of hydrogen-bond acceptors (Lipinski definition) is 5. The molecule has 2 rings (SSSR count). The van der Waals surface area contributed by atoms with E-state index in [0.717, 1.165) is 12.8 Å². The molecule has 7 nitrogen and oxygen atoms in total. The summed E-state index contributed by atoms with van der Waals surface area (Å²) in [6.07, 6.45) is 3.23. The number of amides is 1. The molecule has 1 unspecified atom stereocenters. The van der Waals surface area contributed by atoms with Gasteiger partial charge in [0.1, 0.15) is 11.3 Å². The van der Waals surface area contributed by atoms with Crippen molar-refractivity contribution in [2.45, 2.75) is 58.2 Å². The van der Waals surface area contributed by atoms with Crippen LogP contribution in [0.25, 0.3) is 0 Å². The summed E-state index contributed by atoms with van der Waals surface area (Å²) in [5.41, 5.74) is 0.181. The third-order valence-corrected chi connectivity index (χ3v) is 3.55. The van der Waals surface area contributed by atoms with Crippen LogP contribution in [0.2, 0.25) is 0 Å². The quantitative estimate of drug-likeness (QED) is 0.884. The highest BCUT2D eigenvalue weighted by atomic mass is 16.6. The fourth-order valence-electron chi connectivity index (χ4n) is 2.29. The largest absolute Gasteiger partial charge is 0.444 e. The Kier molecular flexibility index (Phi) is 4.51. The van der Waals surface area contributed by atoms with Crippen LogP contribution in [-0.4, -0.2) is 38.4 Å². The van der Waals surface area contributed by atoms with Crippen LogP contribution in [0.15, 0.2) is 6.20 Å². The minimum Gasteiger partial charge on any atom is -0.444 e. The molecule has 0 aromatic carbocycles. The maximum absolute atomic E-state index is 11.7. The highest BCUT2D eigenvalue weighted by Gasteiger charge is 2.31. The monoisotopic (exact) mass is 296 g/mol. The Balaban J connectivity index is 1.87. The lowest BCUT2D eigenvalue weighted by molar-refractivity contribution is 0.0507. The number of carbonyl (C=O) groups is 1. The van der Waals surface area contributed by atoms with Gasteiger partial charge in [0.05, 0.1) is 18.3 Å². The van der Waals surface area contributed by atoms with Crippen molar-refractivity contribution in [2.75, 3.05) is 6.61 Å². The summed E-state index contributed by atoms with van der Waals surface area (Å²) in [5.74, 6) is 0.375. The van der Waals surface area contributed by atoms with E-state index in [1.165, 1.54) is 0 Å². The topological polar surface area (TPSA) is 89.3 Å². The average Bonchev–Trinajstić information content (AvgIpc) is 2.74. The molecular formula is C14H24N4O3. The number of alkyl carbamates (subject to hydrolysis) is 1. The van der Waals surface area contributed by atoms with Crippen molar-refractivity contribution >= 4 is 6.09 Å². The van der Waals surface area contributed by atoms with E-state index in [1.807, 2.05) is 38.6 Å². The third-order valence-electron chi connectivity index (χ3n) is 3.55. The summed E-state index contributed by atoms with van der Waals surface area (Å²) in [7, 11) is 0. The van der Waals surface area contributed by atoms with Crippen molar-refractivity contribution in [1.29, 1.82) is 0 Å². The fraction of sp³-hybridized carbons (Fsp3) is 0.786. The first-order valence-corrected chi connectivity index (χ1v) is 7.30. The molecule has 0 saturated heterocycles. The number of rotatable bonds is 4. The first kappa shape index (κ1) is 15.8. The van der Waals surface area contributed by atoms with Crippen molar-refractivity contribution in [1.82, 2.24) is 20.3 Å². The Morgan fingerprint density at radius 2 is 2.24 bits per heavy atom. The molecule has 1 aromatic rings. The maximum atomic E-state index is 11.7. The second-order valence-electron chi connectivity index (χ2n) is 6.67. The molecule has 0 spiro atoms. The number of aromatic nitrogens is 3. The third kappa shape index (κ3) is 4.17. The van der Waals surface area contributed by atoms with Gasteiger partial charge in [0.25, 0.3) is 0 Å². The summed E-state index contributed by atoms with van der Waals surface area (Å²) < 4.78 is 7.03. The van der Waals surface area contributed by atoms with Gasteiger partial charge in [-0.1, -0.05) is 5.21 Å². The number of hydrogen-bond donors (Lipinski definition) is 2. The highest BCUT2D eigenvalue weighted by molar-refractivity contribution is 5.68. The Morgan fingerprint density at radius 3 is 2.81 bits per heavy atom. The van der Waals surface area contributed by atoms with E-state index in [1.54, 1.807) is 0 Å². The van der Waals surface area contributed by atoms with Crippen LogP contribution in [0.3, 0.4) is 0 Å². The highest BCUT2D eigenvalue weighted by Crippen LogP contribution is 2.36. The van der Waals surface area contributed by atoms with Crippen molar-refractivity contribution in [3.63, 3.8) is 0 Å². The van der Waals surface area contributed by atoms with Gasteiger partial charge in [0.15, 0.2) is 0 Å². The number of nitrogens with one attached hydrogen (secondary N) is 1. The van der Waals surface area contributed by atoms with Crippen molar-refractivity contribution in [3.05, 3.63) is 11.9 Å². The predicted molar refractivity (Wildman–Crippen MR) is 76.7 cm³/mol. The normalized spacial score (nSPS) is 23.3. The van der Waals surface area contributed by atoms with Crippen LogP contribution in [0.1, 0.15) is 58.3 Å². The zero-order chi connectivity index (χ0) is 15.6. The van der Waals surface area contributed by atoms with Gasteiger partial charge < -0.3 is 15.2 Å². The molecule has 0 radical (unpaired) electrons. The minimum atomic E-state index is -0.521. The van der Waals surface area contributed by atoms with Gasteiger partial charge in [-0.25, -0.2) is 9.48 Å². The van der Waals surface area contributed by atoms with Gasteiger partial charge >= 0.3 is 6.09 Å². The average molecular weight is 296 g/mol. The molecule has 0 bridgehead atoms. The summed E-state index contributed by atoms with van der Waals surface area (Å²) in [4.78, 5) is 11.7. The van der Waals surface area contributed by atoms with Gasteiger partial charge in [0.2, 0.25) is 0 Å².